The molecular formula is C20H22N4O5S. The number of carbonyl (C=O) groups is 1. The predicted octanol–water partition coefficient (Wildman–Crippen LogP) is 1.82. The van der Waals surface area contributed by atoms with E-state index in [0.29, 0.717) is 17.1 Å². The lowest BCUT2D eigenvalue weighted by atomic mass is 10.2. The smallest absolute Gasteiger partial charge is 0.260 e. The van der Waals surface area contributed by atoms with E-state index in [1.165, 1.54) is 13.3 Å². The van der Waals surface area contributed by atoms with E-state index in [-0.39, 0.29) is 12.3 Å². The molecule has 0 unspecified atom stereocenters. The van der Waals surface area contributed by atoms with Gasteiger partial charge in [-0.2, -0.15) is 10.4 Å². The largest absolute Gasteiger partial charge is 0.495 e. The molecule has 1 N–H and O–H groups in total. The third-order valence-electron chi connectivity index (χ3n) is 3.88. The van der Waals surface area contributed by atoms with Crippen molar-refractivity contribution in [2.24, 2.45) is 5.10 Å². The van der Waals surface area contributed by atoms with Crippen LogP contribution >= 0.6 is 0 Å². The maximum atomic E-state index is 12.3. The maximum absolute atomic E-state index is 12.3. The molecule has 0 radical (unpaired) electrons. The lowest BCUT2D eigenvalue weighted by Crippen LogP contribution is -2.39. The summed E-state index contributed by atoms with van der Waals surface area (Å²) in [6, 6.07) is 13.6. The lowest BCUT2D eigenvalue weighted by Gasteiger charge is -2.23. The summed E-state index contributed by atoms with van der Waals surface area (Å²) >= 11 is 0. The number of nitrogens with one attached hydrogen (secondary N) is 1. The number of methoxy groups -OCH3 is 1. The number of anilines is 1. The number of benzene rings is 2. The van der Waals surface area contributed by atoms with E-state index in [4.69, 9.17) is 14.7 Å². The quantitative estimate of drug-likeness (QED) is 0.478. The van der Waals surface area contributed by atoms with Gasteiger partial charge in [-0.15, -0.1) is 0 Å². The second-order valence-electron chi connectivity index (χ2n) is 6.25. The number of carbonyl (C=O) groups excluding carboxylic acids is 1. The van der Waals surface area contributed by atoms with Gasteiger partial charge < -0.3 is 9.47 Å². The Bertz CT molecular complexity index is 1060. The number of hydrogen-bond donors (Lipinski definition) is 1. The summed E-state index contributed by atoms with van der Waals surface area (Å²) < 4.78 is 35.9. The van der Waals surface area contributed by atoms with Crippen LogP contribution < -0.4 is 19.2 Å². The summed E-state index contributed by atoms with van der Waals surface area (Å²) in [7, 11) is -2.32. The van der Waals surface area contributed by atoms with Gasteiger partial charge in [0.25, 0.3) is 5.91 Å². The van der Waals surface area contributed by atoms with Crippen molar-refractivity contribution < 1.29 is 22.7 Å². The molecule has 2 aromatic rings. The van der Waals surface area contributed by atoms with E-state index in [2.05, 4.69) is 10.5 Å². The average molecular weight is 430 g/mol. The Labute approximate surface area is 175 Å². The highest BCUT2D eigenvalue weighted by Gasteiger charge is 2.24. The second-order valence-corrected chi connectivity index (χ2v) is 8.16. The molecular weight excluding hydrogens is 408 g/mol. The van der Waals surface area contributed by atoms with Crippen LogP contribution in [0.4, 0.5) is 5.69 Å². The highest BCUT2D eigenvalue weighted by molar-refractivity contribution is 7.92. The van der Waals surface area contributed by atoms with Crippen LogP contribution in [-0.4, -0.2) is 47.1 Å². The van der Waals surface area contributed by atoms with Crippen molar-refractivity contribution in [1.82, 2.24) is 5.43 Å². The molecule has 0 spiro atoms. The van der Waals surface area contributed by atoms with Gasteiger partial charge >= 0.3 is 0 Å². The molecule has 2 rings (SSSR count). The summed E-state index contributed by atoms with van der Waals surface area (Å²) in [6.07, 6.45) is 2.42. The summed E-state index contributed by atoms with van der Waals surface area (Å²) in [5.41, 5.74) is 4.08. The Balaban J connectivity index is 2.08. The molecule has 0 aliphatic carbocycles. The Morgan fingerprint density at radius 3 is 2.57 bits per heavy atom. The molecule has 0 heterocycles. The standard InChI is InChI=1S/C20H22N4O5S/c1-15-4-9-19(28-2)18(12-15)24(30(3,26)27)14-20(25)23-22-13-16-5-7-17(8-6-16)29-11-10-21/h4-9,12-13H,11,14H2,1-3H3,(H,23,25)/b22-13-. The molecule has 0 aliphatic heterocycles. The van der Waals surface area contributed by atoms with Crippen molar-refractivity contribution in [3.8, 4) is 17.6 Å². The molecule has 9 nitrogen and oxygen atoms in total. The molecule has 0 saturated heterocycles. The number of ether oxygens (including phenoxy) is 2. The van der Waals surface area contributed by atoms with Crippen LogP contribution in [-0.2, 0) is 14.8 Å². The molecule has 0 fully saturated rings. The van der Waals surface area contributed by atoms with Crippen molar-refractivity contribution in [2.45, 2.75) is 6.92 Å². The van der Waals surface area contributed by atoms with Gasteiger partial charge in [-0.3, -0.25) is 9.10 Å². The predicted molar refractivity (Wildman–Crippen MR) is 113 cm³/mol. The third kappa shape index (κ3) is 6.49. The van der Waals surface area contributed by atoms with Gasteiger partial charge in [0.2, 0.25) is 10.0 Å². The molecule has 0 saturated carbocycles. The van der Waals surface area contributed by atoms with Crippen LogP contribution in [0.2, 0.25) is 0 Å². The molecule has 0 aliphatic rings. The van der Waals surface area contributed by atoms with E-state index in [1.807, 2.05) is 13.0 Å². The van der Waals surface area contributed by atoms with Gasteiger partial charge in [0, 0.05) is 0 Å². The fraction of sp³-hybridized carbons (Fsp3) is 0.250. The number of nitrogens with zero attached hydrogens (tertiary/aromatic N) is 3. The first kappa shape index (κ1) is 22.7. The van der Waals surface area contributed by atoms with Gasteiger partial charge in [-0.1, -0.05) is 6.07 Å². The maximum Gasteiger partial charge on any atom is 0.260 e. The van der Waals surface area contributed by atoms with Crippen LogP contribution in [0.15, 0.2) is 47.6 Å². The molecule has 0 aromatic heterocycles. The molecule has 1 amide bonds. The van der Waals surface area contributed by atoms with E-state index in [0.717, 1.165) is 16.1 Å². The number of nitriles is 1. The van der Waals surface area contributed by atoms with Crippen molar-refractivity contribution >= 4 is 27.8 Å². The number of sulfonamides is 1. The van der Waals surface area contributed by atoms with Crippen LogP contribution in [0, 0.1) is 18.3 Å². The number of rotatable bonds is 9. The first-order valence-corrected chi connectivity index (χ1v) is 10.6. The molecule has 2 aromatic carbocycles. The Morgan fingerprint density at radius 2 is 1.97 bits per heavy atom. The fourth-order valence-electron chi connectivity index (χ4n) is 2.49. The zero-order valence-electron chi connectivity index (χ0n) is 16.8. The number of hydrogen-bond acceptors (Lipinski definition) is 7. The summed E-state index contributed by atoms with van der Waals surface area (Å²) in [6.45, 7) is 1.30. The topological polar surface area (TPSA) is 121 Å². The van der Waals surface area contributed by atoms with Crippen LogP contribution in [0.25, 0.3) is 0 Å². The fourth-order valence-corrected chi connectivity index (χ4v) is 3.34. The minimum Gasteiger partial charge on any atom is -0.495 e. The summed E-state index contributed by atoms with van der Waals surface area (Å²) in [5.74, 6) is 0.254. The third-order valence-corrected chi connectivity index (χ3v) is 5.00. The lowest BCUT2D eigenvalue weighted by molar-refractivity contribution is -0.119. The van der Waals surface area contributed by atoms with Crippen molar-refractivity contribution in [1.29, 1.82) is 5.26 Å². The molecule has 30 heavy (non-hydrogen) atoms. The number of hydrazone groups is 1. The first-order valence-electron chi connectivity index (χ1n) is 8.78. The molecule has 0 bridgehead atoms. The highest BCUT2D eigenvalue weighted by Crippen LogP contribution is 2.30. The monoisotopic (exact) mass is 430 g/mol. The second kappa shape index (κ2) is 10.3. The molecule has 10 heteroatoms. The number of amides is 1. The average Bonchev–Trinajstić information content (AvgIpc) is 2.70. The normalized spacial score (nSPS) is 11.0. The van der Waals surface area contributed by atoms with Crippen LogP contribution in [0.3, 0.4) is 0 Å². The minimum atomic E-state index is -3.75. The van der Waals surface area contributed by atoms with E-state index in [1.54, 1.807) is 42.5 Å². The summed E-state index contributed by atoms with van der Waals surface area (Å²) in [5, 5.41) is 12.3. The Kier molecular flexibility index (Phi) is 7.77. The van der Waals surface area contributed by atoms with E-state index in [9.17, 15) is 13.2 Å². The van der Waals surface area contributed by atoms with E-state index < -0.39 is 22.5 Å². The minimum absolute atomic E-state index is 0.0495. The van der Waals surface area contributed by atoms with Crippen LogP contribution in [0.1, 0.15) is 11.1 Å². The SMILES string of the molecule is COc1ccc(C)cc1N(CC(=O)N/N=C\c1ccc(OCC#N)cc1)S(C)(=O)=O. The van der Waals surface area contributed by atoms with Crippen LogP contribution in [0.5, 0.6) is 11.5 Å². The van der Waals surface area contributed by atoms with Crippen molar-refractivity contribution in [3.05, 3.63) is 53.6 Å². The Morgan fingerprint density at radius 1 is 1.27 bits per heavy atom. The first-order chi connectivity index (χ1) is 14.2. The van der Waals surface area contributed by atoms with E-state index >= 15 is 0 Å². The van der Waals surface area contributed by atoms with Gasteiger partial charge in [0.1, 0.15) is 24.1 Å². The van der Waals surface area contributed by atoms with Crippen molar-refractivity contribution in [3.63, 3.8) is 0 Å². The number of aryl methyl sites for hydroxylation is 1. The zero-order valence-corrected chi connectivity index (χ0v) is 17.6. The van der Waals surface area contributed by atoms with Crippen molar-refractivity contribution in [2.75, 3.05) is 30.8 Å². The van der Waals surface area contributed by atoms with Gasteiger partial charge in [0.15, 0.2) is 6.61 Å². The zero-order chi connectivity index (χ0) is 22.1. The molecule has 158 valence electrons. The Hall–Kier alpha value is -3.58. The van der Waals surface area contributed by atoms with Gasteiger partial charge in [-0.25, -0.2) is 13.8 Å². The van der Waals surface area contributed by atoms with Gasteiger partial charge in [0.05, 0.1) is 25.3 Å². The van der Waals surface area contributed by atoms with Gasteiger partial charge in [-0.05, 0) is 54.4 Å². The highest BCUT2D eigenvalue weighted by atomic mass is 32.2. The summed E-state index contributed by atoms with van der Waals surface area (Å²) in [4.78, 5) is 12.3. The molecule has 0 atom stereocenters.